The van der Waals surface area contributed by atoms with Crippen molar-refractivity contribution in [2.75, 3.05) is 30.4 Å². The third-order valence-electron chi connectivity index (χ3n) is 3.41. The Morgan fingerprint density at radius 1 is 1.42 bits per heavy atom. The molecule has 1 aliphatic heterocycles. The molecule has 19 heavy (non-hydrogen) atoms. The molecule has 0 aliphatic carbocycles. The van der Waals surface area contributed by atoms with Gasteiger partial charge in [-0.3, -0.25) is 4.79 Å². The standard InChI is InChI=1S/C15H20BrNO2/c1-15(2,3)11-7-10(13(18)9-16)8-12-14(11)19-6-5-17(12)4/h7-8H,5-6,9H2,1-4H3. The van der Waals surface area contributed by atoms with E-state index in [0.29, 0.717) is 11.9 Å². The number of nitrogens with zero attached hydrogens (tertiary/aromatic N) is 1. The Morgan fingerprint density at radius 2 is 2.11 bits per heavy atom. The van der Waals surface area contributed by atoms with E-state index < -0.39 is 0 Å². The van der Waals surface area contributed by atoms with Crippen molar-refractivity contribution in [2.45, 2.75) is 26.2 Å². The maximum atomic E-state index is 12.0. The molecule has 0 N–H and O–H groups in total. The van der Waals surface area contributed by atoms with Gasteiger partial charge in [0.2, 0.25) is 0 Å². The topological polar surface area (TPSA) is 29.5 Å². The molecule has 0 spiro atoms. The lowest BCUT2D eigenvalue weighted by Crippen LogP contribution is -2.31. The summed E-state index contributed by atoms with van der Waals surface area (Å²) in [5, 5.41) is 0.347. The first-order chi connectivity index (χ1) is 8.84. The van der Waals surface area contributed by atoms with Gasteiger partial charge in [0.15, 0.2) is 5.78 Å². The molecule has 3 nitrogen and oxygen atoms in total. The number of halogens is 1. The van der Waals surface area contributed by atoms with E-state index in [1.807, 2.05) is 19.2 Å². The molecular formula is C15H20BrNO2. The molecule has 2 rings (SSSR count). The van der Waals surface area contributed by atoms with E-state index in [0.717, 1.165) is 29.1 Å². The Hall–Kier alpha value is -1.03. The van der Waals surface area contributed by atoms with Crippen LogP contribution in [-0.4, -0.2) is 31.3 Å². The van der Waals surface area contributed by atoms with Crippen LogP contribution < -0.4 is 9.64 Å². The Morgan fingerprint density at radius 3 is 2.68 bits per heavy atom. The molecule has 104 valence electrons. The highest BCUT2D eigenvalue weighted by molar-refractivity contribution is 9.09. The largest absolute Gasteiger partial charge is 0.489 e. The fourth-order valence-electron chi connectivity index (χ4n) is 2.25. The van der Waals surface area contributed by atoms with Crippen LogP contribution in [-0.2, 0) is 5.41 Å². The highest BCUT2D eigenvalue weighted by Crippen LogP contribution is 2.41. The van der Waals surface area contributed by atoms with Gasteiger partial charge in [0.1, 0.15) is 12.4 Å². The zero-order valence-electron chi connectivity index (χ0n) is 11.9. The molecular weight excluding hydrogens is 306 g/mol. The molecule has 0 saturated carbocycles. The number of benzene rings is 1. The van der Waals surface area contributed by atoms with Crippen molar-refractivity contribution in [1.29, 1.82) is 0 Å². The number of ketones is 1. The molecule has 0 unspecified atom stereocenters. The van der Waals surface area contributed by atoms with E-state index in [1.165, 1.54) is 0 Å². The summed E-state index contributed by atoms with van der Waals surface area (Å²) in [7, 11) is 2.04. The van der Waals surface area contributed by atoms with Gasteiger partial charge in [-0.05, 0) is 17.5 Å². The fraction of sp³-hybridized carbons (Fsp3) is 0.533. The van der Waals surface area contributed by atoms with Crippen molar-refractivity contribution in [2.24, 2.45) is 0 Å². The van der Waals surface area contributed by atoms with Crippen molar-refractivity contribution in [3.05, 3.63) is 23.3 Å². The number of carbonyl (C=O) groups excluding carboxylic acids is 1. The number of hydrogen-bond donors (Lipinski definition) is 0. The molecule has 4 heteroatoms. The second-order valence-corrected chi connectivity index (χ2v) is 6.51. The smallest absolute Gasteiger partial charge is 0.173 e. The third-order valence-corrected chi connectivity index (χ3v) is 3.91. The highest BCUT2D eigenvalue weighted by Gasteiger charge is 2.27. The zero-order valence-corrected chi connectivity index (χ0v) is 13.5. The van der Waals surface area contributed by atoms with E-state index >= 15 is 0 Å². The number of fused-ring (bicyclic) bond motifs is 1. The second-order valence-electron chi connectivity index (χ2n) is 5.95. The quantitative estimate of drug-likeness (QED) is 0.616. The molecule has 0 fully saturated rings. The van der Waals surface area contributed by atoms with Gasteiger partial charge in [0, 0.05) is 18.2 Å². The average Bonchev–Trinajstić information content (AvgIpc) is 2.36. The summed E-state index contributed by atoms with van der Waals surface area (Å²) in [5.74, 6) is 1.03. The van der Waals surface area contributed by atoms with Crippen molar-refractivity contribution < 1.29 is 9.53 Å². The number of hydrogen-bond acceptors (Lipinski definition) is 3. The number of likely N-dealkylation sites (N-methyl/N-ethyl adjacent to an activating group) is 1. The fourth-order valence-corrected chi connectivity index (χ4v) is 2.57. The number of rotatable bonds is 2. The number of ether oxygens (including phenoxy) is 1. The lowest BCUT2D eigenvalue weighted by atomic mass is 9.84. The summed E-state index contributed by atoms with van der Waals surface area (Å²) < 4.78 is 5.86. The van der Waals surface area contributed by atoms with Gasteiger partial charge in [-0.1, -0.05) is 36.7 Å². The highest BCUT2D eigenvalue weighted by atomic mass is 79.9. The van der Waals surface area contributed by atoms with Crippen LogP contribution in [0.1, 0.15) is 36.7 Å². The SMILES string of the molecule is CN1CCOc2c1cc(C(=O)CBr)cc2C(C)(C)C. The summed E-state index contributed by atoms with van der Waals surface area (Å²) in [6, 6.07) is 3.91. The monoisotopic (exact) mass is 325 g/mol. The molecule has 1 aromatic carbocycles. The van der Waals surface area contributed by atoms with Crippen LogP contribution in [0.2, 0.25) is 0 Å². The van der Waals surface area contributed by atoms with Gasteiger partial charge in [0.05, 0.1) is 17.6 Å². The van der Waals surface area contributed by atoms with Crippen molar-refractivity contribution >= 4 is 27.4 Å². The number of carbonyl (C=O) groups is 1. The Bertz CT molecular complexity index is 506. The van der Waals surface area contributed by atoms with Crippen molar-refractivity contribution in [3.8, 4) is 5.75 Å². The molecule has 0 atom stereocenters. The van der Waals surface area contributed by atoms with E-state index in [-0.39, 0.29) is 11.2 Å². The van der Waals surface area contributed by atoms with E-state index in [9.17, 15) is 4.79 Å². The summed E-state index contributed by atoms with van der Waals surface area (Å²) in [5.41, 5.74) is 2.81. The summed E-state index contributed by atoms with van der Waals surface area (Å²) in [4.78, 5) is 14.1. The first-order valence-electron chi connectivity index (χ1n) is 6.46. The van der Waals surface area contributed by atoms with Crippen LogP contribution in [0.5, 0.6) is 5.75 Å². The van der Waals surface area contributed by atoms with Crippen LogP contribution in [0.4, 0.5) is 5.69 Å². The average molecular weight is 326 g/mol. The molecule has 0 radical (unpaired) electrons. The predicted octanol–water partition coefficient (Wildman–Crippen LogP) is 3.39. The van der Waals surface area contributed by atoms with Crippen LogP contribution in [0, 0.1) is 0 Å². The molecule has 0 bridgehead atoms. The Labute approximate surface area is 123 Å². The minimum Gasteiger partial charge on any atom is -0.489 e. The lowest BCUT2D eigenvalue weighted by Gasteiger charge is -2.33. The lowest BCUT2D eigenvalue weighted by molar-refractivity contribution is 0.102. The van der Waals surface area contributed by atoms with Gasteiger partial charge in [0.25, 0.3) is 0 Å². The van der Waals surface area contributed by atoms with Gasteiger partial charge in [-0.25, -0.2) is 0 Å². The number of anilines is 1. The molecule has 1 aliphatic rings. The maximum Gasteiger partial charge on any atom is 0.173 e. The molecule has 0 saturated heterocycles. The minimum absolute atomic E-state index is 0.0507. The normalized spacial score (nSPS) is 14.9. The van der Waals surface area contributed by atoms with Gasteiger partial charge >= 0.3 is 0 Å². The first kappa shape index (κ1) is 14.4. The molecule has 1 heterocycles. The predicted molar refractivity (Wildman–Crippen MR) is 82.0 cm³/mol. The van der Waals surface area contributed by atoms with Gasteiger partial charge < -0.3 is 9.64 Å². The molecule has 1 aromatic rings. The van der Waals surface area contributed by atoms with Crippen molar-refractivity contribution in [3.63, 3.8) is 0 Å². The molecule has 0 amide bonds. The van der Waals surface area contributed by atoms with Crippen LogP contribution >= 0.6 is 15.9 Å². The van der Waals surface area contributed by atoms with E-state index in [1.54, 1.807) is 0 Å². The molecule has 0 aromatic heterocycles. The summed E-state index contributed by atoms with van der Waals surface area (Å²) >= 11 is 3.24. The van der Waals surface area contributed by atoms with Gasteiger partial charge in [-0.15, -0.1) is 0 Å². The van der Waals surface area contributed by atoms with Gasteiger partial charge in [-0.2, -0.15) is 0 Å². The van der Waals surface area contributed by atoms with Crippen LogP contribution in [0.15, 0.2) is 12.1 Å². The third kappa shape index (κ3) is 2.78. The van der Waals surface area contributed by atoms with E-state index in [4.69, 9.17) is 4.74 Å². The summed E-state index contributed by atoms with van der Waals surface area (Å²) in [6.45, 7) is 7.97. The first-order valence-corrected chi connectivity index (χ1v) is 7.58. The maximum absolute atomic E-state index is 12.0. The van der Waals surface area contributed by atoms with Crippen LogP contribution in [0.3, 0.4) is 0 Å². The van der Waals surface area contributed by atoms with Crippen molar-refractivity contribution in [1.82, 2.24) is 0 Å². The zero-order chi connectivity index (χ0) is 14.2. The Balaban J connectivity index is 2.64. The Kier molecular flexibility index (Phi) is 3.90. The minimum atomic E-state index is -0.0507. The number of alkyl halides is 1. The second kappa shape index (κ2) is 5.16. The van der Waals surface area contributed by atoms with E-state index in [2.05, 4.69) is 41.6 Å². The number of Topliss-reactive ketones (excluding diaryl/α,β-unsaturated/α-hetero) is 1. The summed E-state index contributed by atoms with van der Waals surface area (Å²) in [6.07, 6.45) is 0. The van der Waals surface area contributed by atoms with Crippen LogP contribution in [0.25, 0.3) is 0 Å².